The molecule has 0 amide bonds. The summed E-state index contributed by atoms with van der Waals surface area (Å²) in [5, 5.41) is 8.06. The monoisotopic (exact) mass is 222 g/mol. The molecule has 0 atom stereocenters. The van der Waals surface area contributed by atoms with Crippen LogP contribution < -0.4 is 4.74 Å². The number of ether oxygens (including phenoxy) is 1. The Balaban J connectivity index is 3.28. The third-order valence-electron chi connectivity index (χ3n) is 1.78. The summed E-state index contributed by atoms with van der Waals surface area (Å²) in [6, 6.07) is 1.06. The first-order valence-electron chi connectivity index (χ1n) is 3.93. The molecule has 0 aliphatic carbocycles. The van der Waals surface area contributed by atoms with E-state index in [1.807, 2.05) is 0 Å². The molecule has 1 aromatic rings. The molecule has 78 valence electrons. The van der Waals surface area contributed by atoms with E-state index < -0.39 is 16.7 Å². The Kier molecular flexibility index (Phi) is 3.66. The lowest BCUT2D eigenvalue weighted by atomic mass is 10.1. The van der Waals surface area contributed by atoms with Crippen LogP contribution in [0.1, 0.15) is 5.56 Å². The first kappa shape index (κ1) is 11.2. The summed E-state index contributed by atoms with van der Waals surface area (Å²) >= 11 is 5.34. The Labute approximate surface area is 85.1 Å². The minimum absolute atomic E-state index is 0.119. The van der Waals surface area contributed by atoms with Gasteiger partial charge in [0.2, 0.25) is 0 Å². The van der Waals surface area contributed by atoms with Gasteiger partial charge < -0.3 is 9.84 Å². The Hall–Kier alpha value is -0.870. The van der Waals surface area contributed by atoms with Gasteiger partial charge in [-0.2, -0.15) is 0 Å². The summed E-state index contributed by atoms with van der Waals surface area (Å²) in [5.74, 6) is -1.91. The van der Waals surface area contributed by atoms with E-state index >= 15 is 0 Å². The smallest absolute Gasteiger partial charge is 0.186 e. The molecule has 0 saturated heterocycles. The molecule has 0 fully saturated rings. The summed E-state index contributed by atoms with van der Waals surface area (Å²) in [7, 11) is 1.26. The highest BCUT2D eigenvalue weighted by Gasteiger charge is 2.17. The Morgan fingerprint density at radius 3 is 2.64 bits per heavy atom. The van der Waals surface area contributed by atoms with Crippen molar-refractivity contribution in [1.29, 1.82) is 0 Å². The number of aliphatic hydroxyl groups excluding tert-OH is 1. The molecule has 2 nitrogen and oxygen atoms in total. The molecule has 0 aliphatic heterocycles. The second kappa shape index (κ2) is 4.57. The summed E-state index contributed by atoms with van der Waals surface area (Å²) in [5.41, 5.74) is 0.259. The Morgan fingerprint density at radius 2 is 2.14 bits per heavy atom. The van der Waals surface area contributed by atoms with Crippen LogP contribution in [0.25, 0.3) is 0 Å². The predicted octanol–water partition coefficient (Wildman–Crippen LogP) is 2.16. The fourth-order valence-corrected chi connectivity index (χ4v) is 1.29. The molecule has 0 saturated carbocycles. The fraction of sp³-hybridized carbons (Fsp3) is 0.333. The molecule has 0 unspecified atom stereocenters. The maximum absolute atomic E-state index is 13.3. The van der Waals surface area contributed by atoms with E-state index in [2.05, 4.69) is 0 Å². The van der Waals surface area contributed by atoms with Crippen LogP contribution in [0.3, 0.4) is 0 Å². The molecular formula is C9H9ClF2O2. The number of benzene rings is 1. The molecule has 0 heterocycles. The topological polar surface area (TPSA) is 29.5 Å². The van der Waals surface area contributed by atoms with E-state index in [0.717, 1.165) is 6.07 Å². The van der Waals surface area contributed by atoms with Crippen molar-refractivity contribution in [3.8, 4) is 5.75 Å². The van der Waals surface area contributed by atoms with Gasteiger partial charge in [-0.1, -0.05) is 11.6 Å². The van der Waals surface area contributed by atoms with Crippen molar-refractivity contribution in [3.05, 3.63) is 28.3 Å². The molecule has 1 N–H and O–H groups in total. The molecule has 5 heteroatoms. The van der Waals surface area contributed by atoms with Crippen molar-refractivity contribution in [2.24, 2.45) is 0 Å². The van der Waals surface area contributed by atoms with Crippen molar-refractivity contribution >= 4 is 11.6 Å². The predicted molar refractivity (Wildman–Crippen MR) is 48.7 cm³/mol. The van der Waals surface area contributed by atoms with Crippen LogP contribution >= 0.6 is 11.6 Å². The molecule has 1 aromatic carbocycles. The zero-order valence-electron chi connectivity index (χ0n) is 7.48. The van der Waals surface area contributed by atoms with Gasteiger partial charge in [-0.05, 0) is 12.5 Å². The summed E-state index contributed by atoms with van der Waals surface area (Å²) in [6.07, 6.45) is 0.119. The fourth-order valence-electron chi connectivity index (χ4n) is 1.15. The molecule has 1 rings (SSSR count). The lowest BCUT2D eigenvalue weighted by Gasteiger charge is -2.09. The summed E-state index contributed by atoms with van der Waals surface area (Å²) in [4.78, 5) is 0. The van der Waals surface area contributed by atoms with Crippen molar-refractivity contribution in [1.82, 2.24) is 0 Å². The van der Waals surface area contributed by atoms with Gasteiger partial charge >= 0.3 is 0 Å². The minimum atomic E-state index is -0.933. The average molecular weight is 223 g/mol. The van der Waals surface area contributed by atoms with Crippen LogP contribution in [0.5, 0.6) is 5.75 Å². The van der Waals surface area contributed by atoms with Gasteiger partial charge in [0.25, 0.3) is 0 Å². The molecule has 0 aliphatic rings. The van der Waals surface area contributed by atoms with Crippen LogP contribution in [0.15, 0.2) is 6.07 Å². The van der Waals surface area contributed by atoms with Crippen LogP contribution in [0.4, 0.5) is 8.78 Å². The van der Waals surface area contributed by atoms with E-state index in [1.54, 1.807) is 0 Å². The van der Waals surface area contributed by atoms with Crippen LogP contribution in [0.2, 0.25) is 5.02 Å². The van der Waals surface area contributed by atoms with Gasteiger partial charge in [0.15, 0.2) is 11.6 Å². The standard InChI is InChI=1S/C9H9ClF2O2/c1-14-9-5(2-3-13)4-6(11)7(10)8(9)12/h4,13H,2-3H2,1H3. The number of methoxy groups -OCH3 is 1. The zero-order valence-corrected chi connectivity index (χ0v) is 8.24. The van der Waals surface area contributed by atoms with Gasteiger partial charge in [0.1, 0.15) is 10.8 Å². The van der Waals surface area contributed by atoms with Gasteiger partial charge in [0, 0.05) is 12.2 Å². The highest BCUT2D eigenvalue weighted by Crippen LogP contribution is 2.31. The van der Waals surface area contributed by atoms with Crippen LogP contribution in [-0.4, -0.2) is 18.8 Å². The highest BCUT2D eigenvalue weighted by atomic mass is 35.5. The van der Waals surface area contributed by atoms with Crippen molar-refractivity contribution < 1.29 is 18.6 Å². The van der Waals surface area contributed by atoms with Crippen molar-refractivity contribution in [3.63, 3.8) is 0 Å². The first-order chi connectivity index (χ1) is 6.61. The lowest BCUT2D eigenvalue weighted by Crippen LogP contribution is -2.00. The maximum Gasteiger partial charge on any atom is 0.186 e. The number of aliphatic hydroxyl groups is 1. The Bertz CT molecular complexity index is 342. The van der Waals surface area contributed by atoms with Crippen LogP contribution in [-0.2, 0) is 6.42 Å². The molecule has 0 aromatic heterocycles. The van der Waals surface area contributed by atoms with Crippen LogP contribution in [0, 0.1) is 11.6 Å². The minimum Gasteiger partial charge on any atom is -0.493 e. The van der Waals surface area contributed by atoms with E-state index in [-0.39, 0.29) is 24.3 Å². The van der Waals surface area contributed by atoms with E-state index in [1.165, 1.54) is 7.11 Å². The van der Waals surface area contributed by atoms with Crippen molar-refractivity contribution in [2.45, 2.75) is 6.42 Å². The molecule has 0 radical (unpaired) electrons. The van der Waals surface area contributed by atoms with E-state index in [0.29, 0.717) is 0 Å². The summed E-state index contributed by atoms with van der Waals surface area (Å²) < 4.78 is 31.0. The number of hydrogen-bond acceptors (Lipinski definition) is 2. The van der Waals surface area contributed by atoms with Gasteiger partial charge in [-0.15, -0.1) is 0 Å². The SMILES string of the molecule is COc1c(CCO)cc(F)c(Cl)c1F. The Morgan fingerprint density at radius 1 is 1.50 bits per heavy atom. The third-order valence-corrected chi connectivity index (χ3v) is 2.13. The van der Waals surface area contributed by atoms with E-state index in [9.17, 15) is 8.78 Å². The highest BCUT2D eigenvalue weighted by molar-refractivity contribution is 6.31. The summed E-state index contributed by atoms with van der Waals surface area (Å²) in [6.45, 7) is -0.211. The van der Waals surface area contributed by atoms with Gasteiger partial charge in [-0.25, -0.2) is 8.78 Å². The largest absolute Gasteiger partial charge is 0.493 e. The lowest BCUT2D eigenvalue weighted by molar-refractivity contribution is 0.295. The second-order valence-corrected chi connectivity index (χ2v) is 3.03. The maximum atomic E-state index is 13.3. The number of hydrogen-bond donors (Lipinski definition) is 1. The third kappa shape index (κ3) is 1.96. The van der Waals surface area contributed by atoms with Gasteiger partial charge in [0.05, 0.1) is 7.11 Å². The second-order valence-electron chi connectivity index (χ2n) is 2.65. The number of rotatable bonds is 3. The first-order valence-corrected chi connectivity index (χ1v) is 4.30. The van der Waals surface area contributed by atoms with E-state index in [4.69, 9.17) is 21.4 Å². The molecule has 14 heavy (non-hydrogen) atoms. The normalized spacial score (nSPS) is 10.4. The molecule has 0 bridgehead atoms. The molecular weight excluding hydrogens is 214 g/mol. The molecule has 0 spiro atoms. The van der Waals surface area contributed by atoms with Gasteiger partial charge in [-0.3, -0.25) is 0 Å². The number of halogens is 3. The average Bonchev–Trinajstić information content (AvgIpc) is 2.16. The quantitative estimate of drug-likeness (QED) is 0.795. The van der Waals surface area contributed by atoms with Crippen molar-refractivity contribution in [2.75, 3.05) is 13.7 Å². The zero-order chi connectivity index (χ0) is 10.7.